The number of methoxy groups -OCH3 is 1. The molecule has 0 saturated heterocycles. The molecule has 3 aromatic rings. The summed E-state index contributed by atoms with van der Waals surface area (Å²) in [6, 6.07) is 14.3. The van der Waals surface area contributed by atoms with Gasteiger partial charge in [-0.05, 0) is 30.3 Å². The summed E-state index contributed by atoms with van der Waals surface area (Å²) < 4.78 is 6.66. The quantitative estimate of drug-likeness (QED) is 0.753. The Morgan fingerprint density at radius 1 is 1.22 bits per heavy atom. The molecule has 0 amide bonds. The molecular weight excluding hydrogens is 296 g/mol. The smallest absolute Gasteiger partial charge is 0.339 e. The minimum Gasteiger partial charge on any atom is -0.496 e. The molecular formula is C16H14N4O3. The van der Waals surface area contributed by atoms with Gasteiger partial charge in [0.25, 0.3) is 0 Å². The minimum atomic E-state index is -1.06. The van der Waals surface area contributed by atoms with Gasteiger partial charge in [0.1, 0.15) is 17.6 Å². The van der Waals surface area contributed by atoms with Crippen LogP contribution in [-0.2, 0) is 0 Å². The number of carboxylic acids is 1. The predicted molar refractivity (Wildman–Crippen MR) is 84.6 cm³/mol. The van der Waals surface area contributed by atoms with E-state index >= 15 is 0 Å². The predicted octanol–water partition coefficient (Wildman–Crippen LogP) is 2.72. The standard InChI is InChI=1S/C16H14N4O3/c1-23-14-8-7-11(9-13(14)15(21)22)18-16-17-10-20(19-16)12-5-3-2-4-6-12/h2-10H,1H3,(H,18,19)(H,21,22). The monoisotopic (exact) mass is 310 g/mol. The van der Waals surface area contributed by atoms with Crippen LogP contribution >= 0.6 is 0 Å². The van der Waals surface area contributed by atoms with Crippen LogP contribution in [-0.4, -0.2) is 33.0 Å². The molecule has 0 aliphatic rings. The van der Waals surface area contributed by atoms with Gasteiger partial charge in [-0.3, -0.25) is 0 Å². The summed E-state index contributed by atoms with van der Waals surface area (Å²) in [6.45, 7) is 0. The van der Waals surface area contributed by atoms with Crippen LogP contribution in [0.2, 0.25) is 0 Å². The third-order valence-electron chi connectivity index (χ3n) is 3.20. The molecule has 1 aromatic heterocycles. The van der Waals surface area contributed by atoms with Gasteiger partial charge in [0.05, 0.1) is 12.8 Å². The normalized spacial score (nSPS) is 10.3. The number of hydrogen-bond acceptors (Lipinski definition) is 5. The van der Waals surface area contributed by atoms with E-state index in [1.165, 1.54) is 13.2 Å². The van der Waals surface area contributed by atoms with Crippen molar-refractivity contribution in [3.05, 3.63) is 60.4 Å². The highest BCUT2D eigenvalue weighted by Gasteiger charge is 2.12. The van der Waals surface area contributed by atoms with Crippen molar-refractivity contribution in [1.29, 1.82) is 0 Å². The maximum absolute atomic E-state index is 11.2. The van der Waals surface area contributed by atoms with Crippen LogP contribution in [0.25, 0.3) is 5.69 Å². The summed E-state index contributed by atoms with van der Waals surface area (Å²) in [7, 11) is 1.43. The van der Waals surface area contributed by atoms with Gasteiger partial charge in [0.2, 0.25) is 5.95 Å². The number of hydrogen-bond donors (Lipinski definition) is 2. The first-order chi connectivity index (χ1) is 11.2. The van der Waals surface area contributed by atoms with Gasteiger partial charge < -0.3 is 15.2 Å². The number of aromatic nitrogens is 3. The Balaban J connectivity index is 1.84. The maximum atomic E-state index is 11.2. The Morgan fingerprint density at radius 3 is 2.70 bits per heavy atom. The zero-order valence-electron chi connectivity index (χ0n) is 12.3. The average molecular weight is 310 g/mol. The van der Waals surface area contributed by atoms with Gasteiger partial charge in [-0.25, -0.2) is 9.48 Å². The molecule has 116 valence electrons. The molecule has 2 N–H and O–H groups in total. The number of anilines is 2. The zero-order valence-corrected chi connectivity index (χ0v) is 12.3. The third kappa shape index (κ3) is 3.13. The lowest BCUT2D eigenvalue weighted by Gasteiger charge is -2.07. The summed E-state index contributed by atoms with van der Waals surface area (Å²) in [5.74, 6) is -0.394. The number of aromatic carboxylic acids is 1. The Hall–Kier alpha value is -3.35. The Bertz CT molecular complexity index is 830. The van der Waals surface area contributed by atoms with E-state index in [1.54, 1.807) is 23.1 Å². The fourth-order valence-electron chi connectivity index (χ4n) is 2.11. The van der Waals surface area contributed by atoms with Gasteiger partial charge in [0.15, 0.2) is 0 Å². The van der Waals surface area contributed by atoms with Crippen molar-refractivity contribution in [2.24, 2.45) is 0 Å². The third-order valence-corrected chi connectivity index (χ3v) is 3.20. The molecule has 0 radical (unpaired) electrons. The molecule has 0 bridgehead atoms. The van der Waals surface area contributed by atoms with Crippen molar-refractivity contribution >= 4 is 17.6 Å². The maximum Gasteiger partial charge on any atom is 0.339 e. The average Bonchev–Trinajstić information content (AvgIpc) is 3.04. The Kier molecular flexibility index (Phi) is 3.92. The first-order valence-corrected chi connectivity index (χ1v) is 6.83. The number of carbonyl (C=O) groups is 1. The van der Waals surface area contributed by atoms with Crippen LogP contribution < -0.4 is 10.1 Å². The Morgan fingerprint density at radius 2 is 2.00 bits per heavy atom. The molecule has 0 atom stereocenters. The second-order valence-electron chi connectivity index (χ2n) is 4.69. The van der Waals surface area contributed by atoms with Crippen molar-refractivity contribution in [3.63, 3.8) is 0 Å². The van der Waals surface area contributed by atoms with Crippen LogP contribution in [0.3, 0.4) is 0 Å². The number of nitrogens with one attached hydrogen (secondary N) is 1. The van der Waals surface area contributed by atoms with Gasteiger partial charge in [-0.1, -0.05) is 18.2 Å². The van der Waals surface area contributed by atoms with Crippen LogP contribution in [0.15, 0.2) is 54.9 Å². The van der Waals surface area contributed by atoms with Crippen molar-refractivity contribution < 1.29 is 14.6 Å². The summed E-state index contributed by atoms with van der Waals surface area (Å²) in [5, 5.41) is 16.5. The second kappa shape index (κ2) is 6.18. The van der Waals surface area contributed by atoms with E-state index in [-0.39, 0.29) is 5.56 Å². The first-order valence-electron chi connectivity index (χ1n) is 6.83. The number of para-hydroxylation sites is 1. The van der Waals surface area contributed by atoms with Crippen molar-refractivity contribution in [2.75, 3.05) is 12.4 Å². The largest absolute Gasteiger partial charge is 0.496 e. The second-order valence-corrected chi connectivity index (χ2v) is 4.69. The van der Waals surface area contributed by atoms with Crippen LogP contribution in [0.5, 0.6) is 5.75 Å². The molecule has 2 aromatic carbocycles. The fraction of sp³-hybridized carbons (Fsp3) is 0.0625. The van der Waals surface area contributed by atoms with Gasteiger partial charge in [-0.2, -0.15) is 4.98 Å². The number of benzene rings is 2. The zero-order chi connectivity index (χ0) is 16.2. The Labute approximate surface area is 132 Å². The fourth-order valence-corrected chi connectivity index (χ4v) is 2.11. The molecule has 0 fully saturated rings. The molecule has 0 aliphatic heterocycles. The van der Waals surface area contributed by atoms with Gasteiger partial charge >= 0.3 is 5.97 Å². The molecule has 23 heavy (non-hydrogen) atoms. The van der Waals surface area contributed by atoms with Crippen molar-refractivity contribution in [3.8, 4) is 11.4 Å². The molecule has 1 heterocycles. The van der Waals surface area contributed by atoms with Crippen molar-refractivity contribution in [2.45, 2.75) is 0 Å². The number of nitrogens with zero attached hydrogens (tertiary/aromatic N) is 3. The van der Waals surface area contributed by atoms with Crippen molar-refractivity contribution in [1.82, 2.24) is 14.8 Å². The van der Waals surface area contributed by atoms with E-state index < -0.39 is 5.97 Å². The minimum absolute atomic E-state index is 0.0694. The molecule has 0 saturated carbocycles. The highest BCUT2D eigenvalue weighted by atomic mass is 16.5. The molecule has 0 aliphatic carbocycles. The molecule has 0 spiro atoms. The van der Waals surface area contributed by atoms with E-state index in [0.717, 1.165) is 5.69 Å². The molecule has 0 unspecified atom stereocenters. The molecule has 7 nitrogen and oxygen atoms in total. The lowest BCUT2D eigenvalue weighted by atomic mass is 10.2. The van der Waals surface area contributed by atoms with Crippen LogP contribution in [0, 0.1) is 0 Å². The highest BCUT2D eigenvalue weighted by Crippen LogP contribution is 2.24. The number of ether oxygens (including phenoxy) is 1. The van der Waals surface area contributed by atoms with Gasteiger partial charge in [-0.15, -0.1) is 5.10 Å². The van der Waals surface area contributed by atoms with Crippen LogP contribution in [0.4, 0.5) is 11.6 Å². The first kappa shape index (κ1) is 14.6. The summed E-state index contributed by atoms with van der Waals surface area (Å²) in [4.78, 5) is 15.4. The van der Waals surface area contributed by atoms with Gasteiger partial charge in [0, 0.05) is 5.69 Å². The highest BCUT2D eigenvalue weighted by molar-refractivity contribution is 5.92. The lowest BCUT2D eigenvalue weighted by molar-refractivity contribution is 0.0693. The summed E-state index contributed by atoms with van der Waals surface area (Å²) >= 11 is 0. The topological polar surface area (TPSA) is 89.3 Å². The van der Waals surface area contributed by atoms with E-state index in [1.807, 2.05) is 30.3 Å². The summed E-state index contributed by atoms with van der Waals surface area (Å²) in [6.07, 6.45) is 1.58. The van der Waals surface area contributed by atoms with E-state index in [4.69, 9.17) is 4.74 Å². The molecule has 7 heteroatoms. The SMILES string of the molecule is COc1ccc(Nc2ncn(-c3ccccc3)n2)cc1C(=O)O. The number of carboxylic acid groups (broad SMARTS) is 1. The van der Waals surface area contributed by atoms with Crippen LogP contribution in [0.1, 0.15) is 10.4 Å². The summed E-state index contributed by atoms with van der Waals surface area (Å²) in [5.41, 5.74) is 1.52. The van der Waals surface area contributed by atoms with E-state index in [2.05, 4.69) is 15.4 Å². The van der Waals surface area contributed by atoms with E-state index in [0.29, 0.717) is 17.4 Å². The van der Waals surface area contributed by atoms with E-state index in [9.17, 15) is 9.90 Å². The molecule has 3 rings (SSSR count). The lowest BCUT2D eigenvalue weighted by Crippen LogP contribution is -2.02. The number of rotatable bonds is 5.